The molecule has 1 rings (SSSR count). The molecule has 1 aromatic rings. The van der Waals surface area contributed by atoms with Gasteiger partial charge >= 0.3 is 0 Å². The Morgan fingerprint density at radius 2 is 1.95 bits per heavy atom. The number of halogens is 1. The summed E-state index contributed by atoms with van der Waals surface area (Å²) in [5, 5.41) is 4.34. The maximum absolute atomic E-state index is 6.35. The minimum atomic E-state index is 0.122. The number of benzene rings is 1. The van der Waals surface area contributed by atoms with Crippen LogP contribution in [0.25, 0.3) is 0 Å². The first kappa shape index (κ1) is 16.9. The average Bonchev–Trinajstić information content (AvgIpc) is 2.32. The van der Waals surface area contributed by atoms with Crippen LogP contribution in [0.2, 0.25) is 5.02 Å². The number of rotatable bonds is 7. The highest BCUT2D eigenvalue weighted by Gasteiger charge is 2.10. The molecule has 0 radical (unpaired) electrons. The second kappa shape index (κ2) is 8.18. The molecule has 1 aromatic carbocycles. The highest BCUT2D eigenvalue weighted by Crippen LogP contribution is 2.26. The van der Waals surface area contributed by atoms with Crippen LogP contribution < -0.4 is 5.32 Å². The summed E-state index contributed by atoms with van der Waals surface area (Å²) in [6.45, 7) is 9.55. The van der Waals surface area contributed by atoms with Crippen LogP contribution >= 0.6 is 23.4 Å². The summed E-state index contributed by atoms with van der Waals surface area (Å²) in [5.41, 5.74) is 1.30. The van der Waals surface area contributed by atoms with E-state index in [-0.39, 0.29) is 5.54 Å². The zero-order valence-corrected chi connectivity index (χ0v) is 14.1. The molecule has 0 aromatic heterocycles. The van der Waals surface area contributed by atoms with Gasteiger partial charge in [-0.25, -0.2) is 0 Å². The second-order valence-electron chi connectivity index (χ2n) is 5.91. The maximum Gasteiger partial charge on any atom is 0.0462 e. The minimum Gasteiger partial charge on any atom is -0.308 e. The molecule has 0 atom stereocenters. The Hall–Kier alpha value is -0.180. The van der Waals surface area contributed by atoms with E-state index in [0.29, 0.717) is 0 Å². The number of unbranched alkanes of at least 4 members (excludes halogenated alkanes) is 2. The molecule has 1 N–H and O–H groups in total. The average molecular weight is 300 g/mol. The van der Waals surface area contributed by atoms with Gasteiger partial charge in [-0.2, -0.15) is 0 Å². The standard InChI is InChI=1S/C16H26ClNS/c1-5-6-7-10-19-14-9-8-13(15(17)11-14)12-18-16(2,3)4/h8-9,11,18H,5-7,10,12H2,1-4H3. The van der Waals surface area contributed by atoms with E-state index in [9.17, 15) is 0 Å². The largest absolute Gasteiger partial charge is 0.308 e. The first-order valence-electron chi connectivity index (χ1n) is 7.08. The Morgan fingerprint density at radius 3 is 2.53 bits per heavy atom. The molecule has 0 unspecified atom stereocenters. The molecule has 0 aliphatic heterocycles. The molecule has 0 heterocycles. The molecule has 0 saturated carbocycles. The second-order valence-corrected chi connectivity index (χ2v) is 7.49. The van der Waals surface area contributed by atoms with Gasteiger partial charge < -0.3 is 5.32 Å². The van der Waals surface area contributed by atoms with Crippen molar-refractivity contribution >= 4 is 23.4 Å². The van der Waals surface area contributed by atoms with E-state index in [2.05, 4.69) is 51.2 Å². The van der Waals surface area contributed by atoms with Crippen LogP contribution in [0.5, 0.6) is 0 Å². The number of nitrogens with one attached hydrogen (secondary N) is 1. The first-order chi connectivity index (χ1) is 8.92. The van der Waals surface area contributed by atoms with Crippen LogP contribution in [-0.2, 0) is 6.54 Å². The number of thioether (sulfide) groups is 1. The molecule has 0 fully saturated rings. The fourth-order valence-corrected chi connectivity index (χ4v) is 2.93. The van der Waals surface area contributed by atoms with Crippen molar-refractivity contribution in [3.05, 3.63) is 28.8 Å². The van der Waals surface area contributed by atoms with Crippen molar-refractivity contribution < 1.29 is 0 Å². The third-order valence-electron chi connectivity index (χ3n) is 2.85. The predicted molar refractivity (Wildman–Crippen MR) is 88.3 cm³/mol. The van der Waals surface area contributed by atoms with Gasteiger partial charge in [-0.1, -0.05) is 37.4 Å². The van der Waals surface area contributed by atoms with Gasteiger partial charge in [0, 0.05) is 22.0 Å². The molecule has 19 heavy (non-hydrogen) atoms. The molecular weight excluding hydrogens is 274 g/mol. The van der Waals surface area contributed by atoms with Crippen LogP contribution in [0.15, 0.2) is 23.1 Å². The van der Waals surface area contributed by atoms with Crippen molar-refractivity contribution in [2.45, 2.75) is 63.9 Å². The minimum absolute atomic E-state index is 0.122. The molecule has 0 amide bonds. The lowest BCUT2D eigenvalue weighted by atomic mass is 10.1. The van der Waals surface area contributed by atoms with Crippen molar-refractivity contribution in [2.24, 2.45) is 0 Å². The topological polar surface area (TPSA) is 12.0 Å². The lowest BCUT2D eigenvalue weighted by molar-refractivity contribution is 0.424. The Kier molecular flexibility index (Phi) is 7.27. The lowest BCUT2D eigenvalue weighted by Crippen LogP contribution is -2.35. The molecule has 0 aliphatic rings. The SMILES string of the molecule is CCCCCSc1ccc(CNC(C)(C)C)c(Cl)c1. The molecule has 3 heteroatoms. The van der Waals surface area contributed by atoms with Crippen LogP contribution in [0, 0.1) is 0 Å². The van der Waals surface area contributed by atoms with E-state index in [4.69, 9.17) is 11.6 Å². The highest BCUT2D eigenvalue weighted by molar-refractivity contribution is 7.99. The normalized spacial score (nSPS) is 11.8. The molecule has 0 saturated heterocycles. The van der Waals surface area contributed by atoms with Crippen molar-refractivity contribution in [3.63, 3.8) is 0 Å². The van der Waals surface area contributed by atoms with Crippen LogP contribution in [0.4, 0.5) is 0 Å². The summed E-state index contributed by atoms with van der Waals surface area (Å²) in [5.74, 6) is 1.18. The Bertz CT molecular complexity index is 385. The lowest BCUT2D eigenvalue weighted by Gasteiger charge is -2.21. The van der Waals surface area contributed by atoms with Gasteiger partial charge in [-0.05, 0) is 50.6 Å². The smallest absolute Gasteiger partial charge is 0.0462 e. The molecule has 108 valence electrons. The zero-order valence-electron chi connectivity index (χ0n) is 12.6. The maximum atomic E-state index is 6.35. The summed E-state index contributed by atoms with van der Waals surface area (Å²) in [6, 6.07) is 6.42. The van der Waals surface area contributed by atoms with Gasteiger partial charge in [0.15, 0.2) is 0 Å². The van der Waals surface area contributed by atoms with Crippen molar-refractivity contribution in [2.75, 3.05) is 5.75 Å². The molecule has 0 aliphatic carbocycles. The Labute approximate surface area is 127 Å². The number of hydrogen-bond acceptors (Lipinski definition) is 2. The van der Waals surface area contributed by atoms with E-state index < -0.39 is 0 Å². The zero-order chi connectivity index (χ0) is 14.3. The third-order valence-corrected chi connectivity index (χ3v) is 4.28. The Balaban J connectivity index is 2.49. The van der Waals surface area contributed by atoms with Gasteiger partial charge in [-0.15, -0.1) is 11.8 Å². The van der Waals surface area contributed by atoms with Gasteiger partial charge in [0.1, 0.15) is 0 Å². The van der Waals surface area contributed by atoms with Gasteiger partial charge in [0.25, 0.3) is 0 Å². The summed E-state index contributed by atoms with van der Waals surface area (Å²) in [6.07, 6.45) is 3.87. The van der Waals surface area contributed by atoms with Gasteiger partial charge in [-0.3, -0.25) is 0 Å². The third kappa shape index (κ3) is 7.24. The van der Waals surface area contributed by atoms with Crippen LogP contribution in [-0.4, -0.2) is 11.3 Å². The summed E-state index contributed by atoms with van der Waals surface area (Å²) < 4.78 is 0. The molecule has 0 spiro atoms. The van der Waals surface area contributed by atoms with E-state index >= 15 is 0 Å². The van der Waals surface area contributed by atoms with Crippen molar-refractivity contribution in [1.29, 1.82) is 0 Å². The van der Waals surface area contributed by atoms with Crippen LogP contribution in [0.3, 0.4) is 0 Å². The fraction of sp³-hybridized carbons (Fsp3) is 0.625. The fourth-order valence-electron chi connectivity index (χ4n) is 1.66. The highest BCUT2D eigenvalue weighted by atomic mass is 35.5. The van der Waals surface area contributed by atoms with E-state index in [1.54, 1.807) is 0 Å². The van der Waals surface area contributed by atoms with E-state index in [0.717, 1.165) is 11.6 Å². The Morgan fingerprint density at radius 1 is 1.21 bits per heavy atom. The van der Waals surface area contributed by atoms with E-state index in [1.165, 1.54) is 35.5 Å². The molecular formula is C16H26ClNS. The monoisotopic (exact) mass is 299 g/mol. The summed E-state index contributed by atoms with van der Waals surface area (Å²) in [4.78, 5) is 1.28. The molecule has 0 bridgehead atoms. The first-order valence-corrected chi connectivity index (χ1v) is 8.45. The quantitative estimate of drug-likeness (QED) is 0.526. The van der Waals surface area contributed by atoms with Gasteiger partial charge in [0.2, 0.25) is 0 Å². The summed E-state index contributed by atoms with van der Waals surface area (Å²) in [7, 11) is 0. The van der Waals surface area contributed by atoms with Crippen molar-refractivity contribution in [1.82, 2.24) is 5.32 Å². The molecule has 1 nitrogen and oxygen atoms in total. The van der Waals surface area contributed by atoms with E-state index in [1.807, 2.05) is 11.8 Å². The summed E-state index contributed by atoms with van der Waals surface area (Å²) >= 11 is 8.25. The van der Waals surface area contributed by atoms with Crippen LogP contribution in [0.1, 0.15) is 52.5 Å². The number of hydrogen-bond donors (Lipinski definition) is 1. The van der Waals surface area contributed by atoms with Gasteiger partial charge in [0.05, 0.1) is 0 Å². The predicted octanol–water partition coefficient (Wildman–Crippen LogP) is 5.51. The van der Waals surface area contributed by atoms with Crippen molar-refractivity contribution in [3.8, 4) is 0 Å².